The highest BCUT2D eigenvalue weighted by atomic mass is 16.5. The Balaban J connectivity index is 1.48. The van der Waals surface area contributed by atoms with Crippen molar-refractivity contribution in [1.29, 1.82) is 0 Å². The first-order valence-electron chi connectivity index (χ1n) is 11.7. The van der Waals surface area contributed by atoms with E-state index in [4.69, 9.17) is 13.9 Å². The molecule has 0 bridgehead atoms. The molecule has 2 heterocycles. The molecule has 0 aliphatic rings. The van der Waals surface area contributed by atoms with E-state index in [1.807, 2.05) is 80.6 Å². The number of methoxy groups -OCH3 is 1. The third kappa shape index (κ3) is 4.53. The number of anilines is 1. The number of aromatic nitrogens is 1. The first-order valence-corrected chi connectivity index (χ1v) is 11.7. The van der Waals surface area contributed by atoms with Crippen molar-refractivity contribution in [2.24, 2.45) is 0 Å². The van der Waals surface area contributed by atoms with Crippen molar-refractivity contribution < 1.29 is 18.7 Å². The van der Waals surface area contributed by atoms with Crippen LogP contribution in [0.25, 0.3) is 38.6 Å². The molecular formula is C30H26N2O4. The normalized spacial score (nSPS) is 11.6. The molecule has 0 fully saturated rings. The molecule has 1 N–H and O–H groups in total. The molecule has 0 aliphatic heterocycles. The number of hydrogen-bond donors (Lipinski definition) is 1. The standard InChI is InChI=1S/C30H26N2O4/c1-4-35-21-12-10-20(11-13-21)25-18-36-29-17-28(34-3)23(16-24(25)29)19(2)15-30(33)32-27-9-5-8-26-22(27)7-6-14-31-26/h5-18H,4H2,1-3H3,(H,32,33)/b19-15+. The number of nitrogens with zero attached hydrogens (tertiary/aromatic N) is 1. The first-order chi connectivity index (χ1) is 17.6. The van der Waals surface area contributed by atoms with Crippen LogP contribution in [0.4, 0.5) is 5.69 Å². The Kier molecular flexibility index (Phi) is 6.41. The number of furan rings is 1. The maximum absolute atomic E-state index is 12.9. The molecule has 5 rings (SSSR count). The van der Waals surface area contributed by atoms with Gasteiger partial charge in [0.15, 0.2) is 0 Å². The van der Waals surface area contributed by atoms with Crippen LogP contribution in [0.3, 0.4) is 0 Å². The number of carbonyl (C=O) groups excluding carboxylic acids is 1. The number of carbonyl (C=O) groups is 1. The molecule has 6 heteroatoms. The van der Waals surface area contributed by atoms with Crippen molar-refractivity contribution in [1.82, 2.24) is 4.98 Å². The molecule has 5 aromatic rings. The minimum Gasteiger partial charge on any atom is -0.496 e. The van der Waals surface area contributed by atoms with Gasteiger partial charge in [-0.25, -0.2) is 0 Å². The van der Waals surface area contributed by atoms with Crippen LogP contribution in [-0.2, 0) is 4.79 Å². The van der Waals surface area contributed by atoms with Crippen LogP contribution in [0.5, 0.6) is 11.5 Å². The van der Waals surface area contributed by atoms with Crippen molar-refractivity contribution in [2.75, 3.05) is 19.0 Å². The summed E-state index contributed by atoms with van der Waals surface area (Å²) in [6.45, 7) is 4.47. The van der Waals surface area contributed by atoms with E-state index < -0.39 is 0 Å². The number of hydrogen-bond acceptors (Lipinski definition) is 5. The van der Waals surface area contributed by atoms with Crippen molar-refractivity contribution in [3.05, 3.63) is 90.8 Å². The summed E-state index contributed by atoms with van der Waals surface area (Å²) in [4.78, 5) is 17.3. The number of ether oxygens (including phenoxy) is 2. The Morgan fingerprint density at radius 1 is 1.06 bits per heavy atom. The fourth-order valence-electron chi connectivity index (χ4n) is 4.31. The second-order valence-corrected chi connectivity index (χ2v) is 8.35. The van der Waals surface area contributed by atoms with E-state index in [2.05, 4.69) is 10.3 Å². The van der Waals surface area contributed by atoms with Crippen LogP contribution >= 0.6 is 0 Å². The third-order valence-electron chi connectivity index (χ3n) is 6.05. The topological polar surface area (TPSA) is 73.6 Å². The second kappa shape index (κ2) is 9.96. The lowest BCUT2D eigenvalue weighted by atomic mass is 9.99. The van der Waals surface area contributed by atoms with E-state index in [0.29, 0.717) is 23.6 Å². The molecule has 6 nitrogen and oxygen atoms in total. The number of fused-ring (bicyclic) bond motifs is 2. The average Bonchev–Trinajstić information content (AvgIpc) is 3.31. The molecule has 0 saturated heterocycles. The summed E-state index contributed by atoms with van der Waals surface area (Å²) in [7, 11) is 1.61. The highest BCUT2D eigenvalue weighted by Gasteiger charge is 2.15. The van der Waals surface area contributed by atoms with Crippen LogP contribution < -0.4 is 14.8 Å². The summed E-state index contributed by atoms with van der Waals surface area (Å²) in [6, 6.07) is 21.2. The smallest absolute Gasteiger partial charge is 0.248 e. The zero-order chi connectivity index (χ0) is 25.1. The predicted octanol–water partition coefficient (Wildman–Crippen LogP) is 7.10. The van der Waals surface area contributed by atoms with Crippen LogP contribution in [0.1, 0.15) is 19.4 Å². The van der Waals surface area contributed by atoms with E-state index in [0.717, 1.165) is 44.3 Å². The molecule has 36 heavy (non-hydrogen) atoms. The van der Waals surface area contributed by atoms with Crippen molar-refractivity contribution in [3.63, 3.8) is 0 Å². The molecule has 0 radical (unpaired) electrons. The van der Waals surface area contributed by atoms with Crippen LogP contribution in [0, 0.1) is 0 Å². The van der Waals surface area contributed by atoms with Gasteiger partial charge < -0.3 is 19.2 Å². The van der Waals surface area contributed by atoms with Gasteiger partial charge in [0.1, 0.15) is 17.1 Å². The SMILES string of the molecule is CCOc1ccc(-c2coc3cc(OC)c(/C(C)=C/C(=O)Nc4cccc5ncccc45)cc23)cc1. The molecule has 0 unspecified atom stereocenters. The fourth-order valence-corrected chi connectivity index (χ4v) is 4.31. The van der Waals surface area contributed by atoms with Gasteiger partial charge >= 0.3 is 0 Å². The zero-order valence-corrected chi connectivity index (χ0v) is 20.4. The highest BCUT2D eigenvalue weighted by molar-refractivity contribution is 6.09. The molecular weight excluding hydrogens is 452 g/mol. The van der Waals surface area contributed by atoms with Crippen LogP contribution in [0.15, 0.2) is 89.7 Å². The largest absolute Gasteiger partial charge is 0.496 e. The number of pyridine rings is 1. The lowest BCUT2D eigenvalue weighted by Crippen LogP contribution is -2.09. The molecule has 0 atom stereocenters. The molecule has 0 spiro atoms. The van der Waals surface area contributed by atoms with Gasteiger partial charge in [0.05, 0.1) is 31.2 Å². The molecule has 3 aromatic carbocycles. The van der Waals surface area contributed by atoms with Gasteiger partial charge in [-0.1, -0.05) is 18.2 Å². The van der Waals surface area contributed by atoms with Crippen LogP contribution in [0.2, 0.25) is 0 Å². The molecule has 0 saturated carbocycles. The summed E-state index contributed by atoms with van der Waals surface area (Å²) >= 11 is 0. The van der Waals surface area contributed by atoms with E-state index in [9.17, 15) is 4.79 Å². The fraction of sp³-hybridized carbons (Fsp3) is 0.133. The number of allylic oxidation sites excluding steroid dienone is 1. The molecule has 180 valence electrons. The summed E-state index contributed by atoms with van der Waals surface area (Å²) < 4.78 is 17.0. The van der Waals surface area contributed by atoms with Crippen molar-refractivity contribution in [2.45, 2.75) is 13.8 Å². The van der Waals surface area contributed by atoms with E-state index in [1.165, 1.54) is 0 Å². The van der Waals surface area contributed by atoms with Crippen molar-refractivity contribution >= 4 is 39.0 Å². The number of rotatable bonds is 7. The summed E-state index contributed by atoms with van der Waals surface area (Å²) in [5, 5.41) is 4.80. The van der Waals surface area contributed by atoms with Gasteiger partial charge in [-0.05, 0) is 67.4 Å². The Bertz CT molecular complexity index is 1580. The van der Waals surface area contributed by atoms with Gasteiger partial charge in [-0.2, -0.15) is 0 Å². The van der Waals surface area contributed by atoms with Crippen LogP contribution in [-0.4, -0.2) is 24.6 Å². The average molecular weight is 479 g/mol. The second-order valence-electron chi connectivity index (χ2n) is 8.35. The number of nitrogens with one attached hydrogen (secondary N) is 1. The Morgan fingerprint density at radius 3 is 2.67 bits per heavy atom. The Morgan fingerprint density at radius 2 is 1.89 bits per heavy atom. The van der Waals surface area contributed by atoms with Gasteiger partial charge in [0, 0.05) is 40.2 Å². The van der Waals surface area contributed by atoms with Gasteiger partial charge in [-0.3, -0.25) is 9.78 Å². The number of amides is 1. The highest BCUT2D eigenvalue weighted by Crippen LogP contribution is 2.38. The quantitative estimate of drug-likeness (QED) is 0.253. The van der Waals surface area contributed by atoms with E-state index >= 15 is 0 Å². The maximum atomic E-state index is 12.9. The lowest BCUT2D eigenvalue weighted by molar-refractivity contribution is -0.111. The zero-order valence-electron chi connectivity index (χ0n) is 20.4. The molecule has 1 amide bonds. The van der Waals surface area contributed by atoms with Crippen molar-refractivity contribution in [3.8, 4) is 22.6 Å². The first kappa shape index (κ1) is 23.2. The monoisotopic (exact) mass is 478 g/mol. The van der Waals surface area contributed by atoms with Gasteiger partial charge in [-0.15, -0.1) is 0 Å². The summed E-state index contributed by atoms with van der Waals surface area (Å²) in [6.07, 6.45) is 5.05. The third-order valence-corrected chi connectivity index (χ3v) is 6.05. The van der Waals surface area contributed by atoms with E-state index in [1.54, 1.807) is 25.6 Å². The summed E-state index contributed by atoms with van der Waals surface area (Å²) in [5.74, 6) is 1.22. The summed E-state index contributed by atoms with van der Waals surface area (Å²) in [5.41, 5.74) is 5.79. The van der Waals surface area contributed by atoms with Gasteiger partial charge in [0.25, 0.3) is 0 Å². The van der Waals surface area contributed by atoms with Gasteiger partial charge in [0.2, 0.25) is 5.91 Å². The maximum Gasteiger partial charge on any atom is 0.248 e. The van der Waals surface area contributed by atoms with E-state index in [-0.39, 0.29) is 5.91 Å². The minimum atomic E-state index is -0.232. The Hall–Kier alpha value is -4.58. The number of benzene rings is 3. The molecule has 0 aliphatic carbocycles. The molecule has 2 aromatic heterocycles. The predicted molar refractivity (Wildman–Crippen MR) is 143 cm³/mol. The minimum absolute atomic E-state index is 0.232. The Labute approximate surface area is 209 Å². The lowest BCUT2D eigenvalue weighted by Gasteiger charge is -2.11.